The van der Waals surface area contributed by atoms with Crippen molar-refractivity contribution in [3.8, 4) is 0 Å². The van der Waals surface area contributed by atoms with Gasteiger partial charge in [-0.05, 0) is 57.8 Å². The molecule has 0 bridgehead atoms. The van der Waals surface area contributed by atoms with Gasteiger partial charge in [0, 0.05) is 6.42 Å². The number of nitrogens with one attached hydrogen (secondary N) is 1. The predicted molar refractivity (Wildman–Crippen MR) is 263 cm³/mol. The van der Waals surface area contributed by atoms with E-state index in [2.05, 4.69) is 55.6 Å². The van der Waals surface area contributed by atoms with Gasteiger partial charge in [-0.1, -0.05) is 127 Å². The van der Waals surface area contributed by atoms with E-state index in [0.29, 0.717) is 6.42 Å². The van der Waals surface area contributed by atoms with Gasteiger partial charge >= 0.3 is 0 Å². The first-order valence-corrected chi connectivity index (χ1v) is 26.4. The molecule has 17 unspecified atom stereocenters. The van der Waals surface area contributed by atoms with Gasteiger partial charge in [-0.15, -0.1) is 0 Å². The highest BCUT2D eigenvalue weighted by molar-refractivity contribution is 5.76. The standard InChI is InChI=1S/C52H91NO18/c1-3-5-7-9-11-12-13-14-15-16-17-18-19-20-21-22-24-26-28-30-40(58)53-35(36(57)29-27-25-23-10-8-6-4-2)34-66-50-46(64)43(61)48(38(32-55)68-50)71-52-47(65)44(62)49(39(33-56)69-52)70-51-45(63)42(60)41(59)37(31-54)67-51/h11-12,14-15,17-18,27,29,35-39,41-52,54-57,59-65H,3-10,13,16,19-26,28,30-34H2,1-2H3,(H,53,58)/b12-11-,15-14-,18-17-,29-27+. The van der Waals surface area contributed by atoms with E-state index in [1.165, 1.54) is 19.3 Å². The number of aliphatic hydroxyl groups excluding tert-OH is 11. The van der Waals surface area contributed by atoms with Crippen LogP contribution in [-0.4, -0.2) is 193 Å². The number of hydrogen-bond donors (Lipinski definition) is 12. The molecule has 12 N–H and O–H groups in total. The molecule has 3 aliphatic rings. The molecule has 0 aromatic heterocycles. The van der Waals surface area contributed by atoms with Crippen LogP contribution in [0.2, 0.25) is 0 Å². The lowest BCUT2D eigenvalue weighted by atomic mass is 9.96. The summed E-state index contributed by atoms with van der Waals surface area (Å²) >= 11 is 0. The van der Waals surface area contributed by atoms with E-state index in [4.69, 9.17) is 28.4 Å². The van der Waals surface area contributed by atoms with Crippen molar-refractivity contribution in [2.45, 2.75) is 247 Å². The summed E-state index contributed by atoms with van der Waals surface area (Å²) in [5.74, 6) is -0.296. The third kappa shape index (κ3) is 22.2. The van der Waals surface area contributed by atoms with E-state index >= 15 is 0 Å². The Morgan fingerprint density at radius 3 is 1.48 bits per heavy atom. The first-order valence-electron chi connectivity index (χ1n) is 26.4. The highest BCUT2D eigenvalue weighted by Gasteiger charge is 2.53. The molecule has 19 heteroatoms. The van der Waals surface area contributed by atoms with Gasteiger partial charge in [-0.3, -0.25) is 4.79 Å². The SMILES string of the molecule is CCCCC/C=C\C/C=C\C/C=C\CCCCCCCCC(=O)NC(COC1OC(CO)C(OC2OC(CO)C(OC3OC(CO)C(O)C(O)C3O)C(O)C2O)C(O)C1O)C(O)/C=C/CCCCCCC. The molecule has 71 heavy (non-hydrogen) atoms. The van der Waals surface area contributed by atoms with Crippen LogP contribution in [0.3, 0.4) is 0 Å². The summed E-state index contributed by atoms with van der Waals surface area (Å²) in [5.41, 5.74) is 0. The fourth-order valence-electron chi connectivity index (χ4n) is 8.66. The van der Waals surface area contributed by atoms with Gasteiger partial charge in [0.15, 0.2) is 18.9 Å². The van der Waals surface area contributed by atoms with Gasteiger partial charge in [0.1, 0.15) is 73.2 Å². The van der Waals surface area contributed by atoms with E-state index in [-0.39, 0.29) is 18.9 Å². The fourth-order valence-corrected chi connectivity index (χ4v) is 8.66. The summed E-state index contributed by atoms with van der Waals surface area (Å²) in [6.45, 7) is 1.57. The van der Waals surface area contributed by atoms with E-state index in [1.54, 1.807) is 6.08 Å². The molecule has 0 aromatic rings. The van der Waals surface area contributed by atoms with Crippen molar-refractivity contribution < 1.29 is 89.4 Å². The van der Waals surface area contributed by atoms with Crippen molar-refractivity contribution in [2.24, 2.45) is 0 Å². The first kappa shape index (κ1) is 63.0. The Hall–Kier alpha value is -2.25. The maximum Gasteiger partial charge on any atom is 0.220 e. The molecule has 0 aliphatic carbocycles. The average molecular weight is 1020 g/mol. The molecule has 19 nitrogen and oxygen atoms in total. The summed E-state index contributed by atoms with van der Waals surface area (Å²) in [4.78, 5) is 13.2. The van der Waals surface area contributed by atoms with Crippen LogP contribution >= 0.6 is 0 Å². The molecule has 0 aromatic carbocycles. The van der Waals surface area contributed by atoms with Crippen LogP contribution in [0.1, 0.15) is 142 Å². The largest absolute Gasteiger partial charge is 0.394 e. The Morgan fingerprint density at radius 2 is 0.930 bits per heavy atom. The Labute approximate surface area is 421 Å². The Balaban J connectivity index is 1.50. The zero-order valence-electron chi connectivity index (χ0n) is 42.2. The van der Waals surface area contributed by atoms with Gasteiger partial charge in [0.25, 0.3) is 0 Å². The highest BCUT2D eigenvalue weighted by atomic mass is 16.8. The number of allylic oxidation sites excluding steroid dienone is 7. The molecule has 3 fully saturated rings. The molecule has 17 atom stereocenters. The quantitative estimate of drug-likeness (QED) is 0.0317. The van der Waals surface area contributed by atoms with Gasteiger partial charge < -0.3 is 89.9 Å². The molecule has 3 heterocycles. The molecule has 412 valence electrons. The van der Waals surface area contributed by atoms with Crippen LogP contribution in [0.4, 0.5) is 0 Å². The van der Waals surface area contributed by atoms with Crippen LogP contribution in [-0.2, 0) is 33.2 Å². The normalized spacial score (nSPS) is 32.7. The van der Waals surface area contributed by atoms with Crippen molar-refractivity contribution in [2.75, 3.05) is 26.4 Å². The number of carbonyl (C=O) groups excluding carboxylic acids is 1. The Morgan fingerprint density at radius 1 is 0.507 bits per heavy atom. The molecule has 3 saturated heterocycles. The molecule has 3 aliphatic heterocycles. The topological polar surface area (TPSA) is 307 Å². The lowest BCUT2D eigenvalue weighted by Gasteiger charge is -2.48. The van der Waals surface area contributed by atoms with Crippen LogP contribution in [0.15, 0.2) is 48.6 Å². The maximum atomic E-state index is 13.2. The van der Waals surface area contributed by atoms with Crippen molar-refractivity contribution in [1.82, 2.24) is 5.32 Å². The molecule has 1 amide bonds. The molecule has 0 saturated carbocycles. The molecular weight excluding hydrogens is 927 g/mol. The monoisotopic (exact) mass is 1020 g/mol. The average Bonchev–Trinajstić information content (AvgIpc) is 3.36. The first-order chi connectivity index (χ1) is 34.3. The summed E-state index contributed by atoms with van der Waals surface area (Å²) in [5, 5.41) is 119. The van der Waals surface area contributed by atoms with Crippen LogP contribution in [0, 0.1) is 0 Å². The van der Waals surface area contributed by atoms with Crippen LogP contribution in [0.25, 0.3) is 0 Å². The van der Waals surface area contributed by atoms with Gasteiger partial charge in [0.05, 0.1) is 38.6 Å². The maximum absolute atomic E-state index is 13.2. The van der Waals surface area contributed by atoms with Crippen LogP contribution in [0.5, 0.6) is 0 Å². The number of aliphatic hydroxyl groups is 11. The van der Waals surface area contributed by atoms with Crippen LogP contribution < -0.4 is 5.32 Å². The number of unbranched alkanes of at least 4 members (excludes halogenated alkanes) is 14. The molecule has 0 radical (unpaired) electrons. The number of carbonyl (C=O) groups is 1. The van der Waals surface area contributed by atoms with Crippen molar-refractivity contribution in [1.29, 1.82) is 0 Å². The third-order valence-electron chi connectivity index (χ3n) is 13.1. The minimum atomic E-state index is -1.98. The smallest absolute Gasteiger partial charge is 0.220 e. The van der Waals surface area contributed by atoms with Gasteiger partial charge in [0.2, 0.25) is 5.91 Å². The Kier molecular flexibility index (Phi) is 32.5. The molecular formula is C52H91NO18. The van der Waals surface area contributed by atoms with E-state index in [0.717, 1.165) is 96.3 Å². The van der Waals surface area contributed by atoms with Gasteiger partial charge in [-0.2, -0.15) is 0 Å². The van der Waals surface area contributed by atoms with E-state index in [9.17, 15) is 61.0 Å². The summed E-state index contributed by atoms with van der Waals surface area (Å²) in [6.07, 6.45) is 9.99. The minimum Gasteiger partial charge on any atom is -0.394 e. The zero-order chi connectivity index (χ0) is 52.0. The van der Waals surface area contributed by atoms with Gasteiger partial charge in [-0.25, -0.2) is 0 Å². The number of ether oxygens (including phenoxy) is 6. The Bertz CT molecular complexity index is 1500. The lowest BCUT2D eigenvalue weighted by molar-refractivity contribution is -0.379. The van der Waals surface area contributed by atoms with E-state index < -0.39 is 124 Å². The minimum absolute atomic E-state index is 0.226. The number of hydrogen-bond acceptors (Lipinski definition) is 18. The number of rotatable bonds is 36. The summed E-state index contributed by atoms with van der Waals surface area (Å²) < 4.78 is 34.0. The second-order valence-electron chi connectivity index (χ2n) is 19.0. The zero-order valence-corrected chi connectivity index (χ0v) is 42.2. The van der Waals surface area contributed by atoms with Crippen molar-refractivity contribution in [3.05, 3.63) is 48.6 Å². The number of amides is 1. The van der Waals surface area contributed by atoms with Crippen molar-refractivity contribution in [3.63, 3.8) is 0 Å². The third-order valence-corrected chi connectivity index (χ3v) is 13.1. The lowest BCUT2D eigenvalue weighted by Crippen LogP contribution is -2.66. The second-order valence-corrected chi connectivity index (χ2v) is 19.0. The molecule has 3 rings (SSSR count). The highest BCUT2D eigenvalue weighted by Crippen LogP contribution is 2.33. The van der Waals surface area contributed by atoms with E-state index in [1.807, 2.05) is 6.08 Å². The summed E-state index contributed by atoms with van der Waals surface area (Å²) in [6, 6.07) is -0.977. The summed E-state index contributed by atoms with van der Waals surface area (Å²) in [7, 11) is 0. The predicted octanol–water partition coefficient (Wildman–Crippen LogP) is 2.36. The molecule has 0 spiro atoms. The fraction of sp³-hybridized carbons (Fsp3) is 0.827. The van der Waals surface area contributed by atoms with Crippen molar-refractivity contribution >= 4 is 5.91 Å². The second kappa shape index (κ2) is 36.7.